The minimum atomic E-state index is -0.0494. The van der Waals surface area contributed by atoms with Crippen LogP contribution < -0.4 is 0 Å². The predicted molar refractivity (Wildman–Crippen MR) is 271 cm³/mol. The number of ether oxygens (including phenoxy) is 2. The standard InChI is InChI=1S/C55H102O4S2/c1-3-5-7-9-11-13-17-23-29-35-43-60-45-37-31-25-19-15-21-27-33-39-54(56)58-48-52-50-41-42-51(47-50)53(52)49-59-55(57)40-34-28-22-16-20-26-32-38-46-61-44-36-30-24-18-14-12-10-8-6-4-2/h41-42,50-53H,3-40,43-49H2,1-2H3. The van der Waals surface area contributed by atoms with Gasteiger partial charge in [0.25, 0.3) is 0 Å². The Bertz CT molecular complexity index is 926. The Morgan fingerprint density at radius 1 is 0.377 bits per heavy atom. The summed E-state index contributed by atoms with van der Waals surface area (Å²) in [5, 5.41) is 0. The smallest absolute Gasteiger partial charge is 0.305 e. The largest absolute Gasteiger partial charge is 0.465 e. The zero-order valence-electron chi connectivity index (χ0n) is 40.7. The van der Waals surface area contributed by atoms with Crippen LogP contribution in [-0.4, -0.2) is 48.2 Å². The zero-order valence-corrected chi connectivity index (χ0v) is 42.4. The highest BCUT2D eigenvalue weighted by Crippen LogP contribution is 2.48. The van der Waals surface area contributed by atoms with E-state index < -0.39 is 0 Å². The normalized spacial score (nSPS) is 18.1. The van der Waals surface area contributed by atoms with Crippen molar-refractivity contribution in [3.05, 3.63) is 12.2 Å². The molecule has 4 unspecified atom stereocenters. The van der Waals surface area contributed by atoms with E-state index in [0.717, 1.165) is 32.1 Å². The van der Waals surface area contributed by atoms with Crippen LogP contribution in [0.2, 0.25) is 0 Å². The number of unbranched alkanes of at least 4 members (excludes halogenated alkanes) is 32. The molecular weight excluding hydrogens is 789 g/mol. The van der Waals surface area contributed by atoms with Crippen LogP contribution in [0, 0.1) is 23.7 Å². The van der Waals surface area contributed by atoms with Crippen molar-refractivity contribution in [2.45, 2.75) is 264 Å². The van der Waals surface area contributed by atoms with Crippen molar-refractivity contribution < 1.29 is 19.1 Å². The maximum atomic E-state index is 12.6. The highest BCUT2D eigenvalue weighted by molar-refractivity contribution is 7.99. The van der Waals surface area contributed by atoms with Crippen molar-refractivity contribution in [2.75, 3.05) is 36.2 Å². The second-order valence-corrected chi connectivity index (χ2v) is 21.8. The molecule has 4 nitrogen and oxygen atoms in total. The maximum Gasteiger partial charge on any atom is 0.305 e. The fourth-order valence-electron chi connectivity index (χ4n) is 9.70. The van der Waals surface area contributed by atoms with E-state index in [1.807, 2.05) is 0 Å². The van der Waals surface area contributed by atoms with Crippen LogP contribution in [0.4, 0.5) is 0 Å². The zero-order chi connectivity index (χ0) is 43.5. The molecule has 0 aromatic carbocycles. The van der Waals surface area contributed by atoms with E-state index in [9.17, 15) is 9.59 Å². The molecule has 1 fully saturated rings. The number of rotatable bonds is 48. The molecule has 0 aromatic heterocycles. The lowest BCUT2D eigenvalue weighted by atomic mass is 9.84. The summed E-state index contributed by atoms with van der Waals surface area (Å²) in [5.41, 5.74) is 0. The fraction of sp³-hybridized carbons (Fsp3) is 0.927. The summed E-state index contributed by atoms with van der Waals surface area (Å²) in [5.74, 6) is 6.77. The van der Waals surface area contributed by atoms with Crippen LogP contribution in [0.25, 0.3) is 0 Å². The van der Waals surface area contributed by atoms with E-state index in [1.54, 1.807) is 0 Å². The van der Waals surface area contributed by atoms with Gasteiger partial charge in [0.1, 0.15) is 0 Å². The molecule has 2 rings (SSSR count). The Kier molecular flexibility index (Phi) is 40.1. The van der Waals surface area contributed by atoms with Gasteiger partial charge in [-0.2, -0.15) is 23.5 Å². The number of thioether (sulfide) groups is 2. The number of carbonyl (C=O) groups excluding carboxylic acids is 2. The van der Waals surface area contributed by atoms with E-state index in [0.29, 0.717) is 37.9 Å². The molecule has 0 aliphatic heterocycles. The molecule has 61 heavy (non-hydrogen) atoms. The highest BCUT2D eigenvalue weighted by atomic mass is 32.2. The van der Waals surface area contributed by atoms with Gasteiger partial charge in [-0.05, 0) is 79.8 Å². The lowest BCUT2D eigenvalue weighted by Crippen LogP contribution is -2.30. The molecule has 4 atom stereocenters. The van der Waals surface area contributed by atoms with Gasteiger partial charge in [0, 0.05) is 24.7 Å². The lowest BCUT2D eigenvalue weighted by molar-refractivity contribution is -0.150. The molecule has 0 radical (unpaired) electrons. The van der Waals surface area contributed by atoms with Crippen LogP contribution in [0.15, 0.2) is 12.2 Å². The minimum Gasteiger partial charge on any atom is -0.465 e. The third kappa shape index (κ3) is 33.5. The molecular formula is C55H102O4S2. The third-order valence-electron chi connectivity index (χ3n) is 13.8. The fourth-order valence-corrected chi connectivity index (χ4v) is 11.7. The Hall–Kier alpha value is -0.620. The summed E-state index contributed by atoms with van der Waals surface area (Å²) in [6.07, 6.45) is 55.3. The van der Waals surface area contributed by atoms with Crippen LogP contribution in [0.3, 0.4) is 0 Å². The quantitative estimate of drug-likeness (QED) is 0.0345. The summed E-state index contributed by atoms with van der Waals surface area (Å²) < 4.78 is 11.6. The summed E-state index contributed by atoms with van der Waals surface area (Å²) in [4.78, 5) is 25.2. The molecule has 0 heterocycles. The van der Waals surface area contributed by atoms with Crippen molar-refractivity contribution in [1.82, 2.24) is 0 Å². The number of allylic oxidation sites excluding steroid dienone is 2. The van der Waals surface area contributed by atoms with Crippen LogP contribution in [0.1, 0.15) is 264 Å². The number of carbonyl (C=O) groups is 2. The molecule has 0 N–H and O–H groups in total. The lowest BCUT2D eigenvalue weighted by Gasteiger charge is -2.27. The van der Waals surface area contributed by atoms with Gasteiger partial charge in [-0.25, -0.2) is 0 Å². The Balaban J connectivity index is 1.32. The topological polar surface area (TPSA) is 52.6 Å². The van der Waals surface area contributed by atoms with E-state index in [-0.39, 0.29) is 23.8 Å². The van der Waals surface area contributed by atoms with Gasteiger partial charge in [-0.3, -0.25) is 9.59 Å². The first kappa shape index (κ1) is 56.5. The summed E-state index contributed by atoms with van der Waals surface area (Å²) in [6.45, 7) is 5.54. The van der Waals surface area contributed by atoms with Crippen LogP contribution in [-0.2, 0) is 19.1 Å². The molecule has 1 saturated carbocycles. The highest BCUT2D eigenvalue weighted by Gasteiger charge is 2.45. The first-order valence-corrected chi connectivity index (χ1v) is 29.6. The van der Waals surface area contributed by atoms with Crippen molar-refractivity contribution in [3.63, 3.8) is 0 Å². The first-order chi connectivity index (χ1) is 30.2. The van der Waals surface area contributed by atoms with Crippen LogP contribution in [0.5, 0.6) is 0 Å². The second-order valence-electron chi connectivity index (χ2n) is 19.4. The Labute approximate surface area is 389 Å². The van der Waals surface area contributed by atoms with Gasteiger partial charge in [-0.1, -0.05) is 219 Å². The number of fused-ring (bicyclic) bond motifs is 2. The summed E-state index contributed by atoms with van der Waals surface area (Å²) >= 11 is 4.34. The van der Waals surface area contributed by atoms with E-state index in [1.165, 1.54) is 228 Å². The maximum absolute atomic E-state index is 12.6. The molecule has 2 aliphatic carbocycles. The predicted octanol–water partition coefficient (Wildman–Crippen LogP) is 17.8. The molecule has 0 spiro atoms. The van der Waals surface area contributed by atoms with Crippen molar-refractivity contribution in [1.29, 1.82) is 0 Å². The average molecular weight is 892 g/mol. The molecule has 2 bridgehead atoms. The van der Waals surface area contributed by atoms with Gasteiger partial charge in [0.05, 0.1) is 13.2 Å². The monoisotopic (exact) mass is 891 g/mol. The minimum absolute atomic E-state index is 0.0494. The van der Waals surface area contributed by atoms with Gasteiger partial charge < -0.3 is 9.47 Å². The van der Waals surface area contributed by atoms with Crippen molar-refractivity contribution in [3.8, 4) is 0 Å². The molecule has 0 saturated heterocycles. The van der Waals surface area contributed by atoms with Crippen molar-refractivity contribution >= 4 is 35.5 Å². The molecule has 0 aromatic rings. The molecule has 6 heteroatoms. The van der Waals surface area contributed by atoms with Gasteiger partial charge in [0.2, 0.25) is 0 Å². The van der Waals surface area contributed by atoms with E-state index in [2.05, 4.69) is 49.5 Å². The third-order valence-corrected chi connectivity index (χ3v) is 16.1. The number of esters is 2. The first-order valence-electron chi connectivity index (χ1n) is 27.3. The van der Waals surface area contributed by atoms with Crippen molar-refractivity contribution in [2.24, 2.45) is 23.7 Å². The Morgan fingerprint density at radius 3 is 0.902 bits per heavy atom. The molecule has 0 amide bonds. The van der Waals surface area contributed by atoms with E-state index in [4.69, 9.17) is 9.47 Å². The van der Waals surface area contributed by atoms with E-state index >= 15 is 0 Å². The summed E-state index contributed by atoms with van der Waals surface area (Å²) in [7, 11) is 0. The van der Waals surface area contributed by atoms with Crippen LogP contribution >= 0.6 is 23.5 Å². The van der Waals surface area contributed by atoms with Gasteiger partial charge in [-0.15, -0.1) is 0 Å². The van der Waals surface area contributed by atoms with Gasteiger partial charge in [0.15, 0.2) is 0 Å². The summed E-state index contributed by atoms with van der Waals surface area (Å²) in [6, 6.07) is 0. The van der Waals surface area contributed by atoms with Gasteiger partial charge >= 0.3 is 11.9 Å². The second kappa shape index (κ2) is 43.3. The average Bonchev–Trinajstić information content (AvgIpc) is 3.88. The molecule has 2 aliphatic rings. The number of hydrogen-bond acceptors (Lipinski definition) is 6. The number of hydrogen-bond donors (Lipinski definition) is 0. The Morgan fingerprint density at radius 2 is 0.623 bits per heavy atom. The SMILES string of the molecule is CCCCCCCCCCCCSCCCCCCCCCCC(=O)OCC1C2C=CC(C2)C1COC(=O)CCCCCCCCCCSCCCCCCCCCCCC. The molecule has 358 valence electrons.